The van der Waals surface area contributed by atoms with Crippen molar-refractivity contribution in [2.75, 3.05) is 0 Å². The van der Waals surface area contributed by atoms with E-state index in [1.165, 1.54) is 0 Å². The van der Waals surface area contributed by atoms with Gasteiger partial charge in [0.15, 0.2) is 0 Å². The predicted octanol–water partition coefficient (Wildman–Crippen LogP) is 4.82. The standard InChI is InChI=1S/C19H26F2O2/c1-7-11-13(12(8-2)15(21)9-14(11)20)10-23-17(22)16-18(3,4)19(16,5)6/h9,16H,7-8,10H2,1-6H3. The second-order valence-corrected chi connectivity index (χ2v) is 7.47. The van der Waals surface area contributed by atoms with Gasteiger partial charge in [0, 0.05) is 11.6 Å². The molecule has 0 atom stereocenters. The van der Waals surface area contributed by atoms with Gasteiger partial charge in [0.1, 0.15) is 18.2 Å². The van der Waals surface area contributed by atoms with Gasteiger partial charge >= 0.3 is 5.97 Å². The fourth-order valence-corrected chi connectivity index (χ4v) is 3.71. The third-order valence-corrected chi connectivity index (χ3v) is 5.88. The third-order valence-electron chi connectivity index (χ3n) is 5.88. The number of carbonyl (C=O) groups is 1. The molecule has 1 aliphatic rings. The topological polar surface area (TPSA) is 26.3 Å². The number of hydrogen-bond acceptors (Lipinski definition) is 2. The molecule has 0 N–H and O–H groups in total. The predicted molar refractivity (Wildman–Crippen MR) is 86.0 cm³/mol. The highest BCUT2D eigenvalue weighted by Crippen LogP contribution is 2.68. The Bertz CT molecular complexity index is 590. The molecule has 0 heterocycles. The molecule has 1 fully saturated rings. The highest BCUT2D eigenvalue weighted by molar-refractivity contribution is 5.78. The average Bonchev–Trinajstić information content (AvgIpc) is 2.85. The molecule has 0 aromatic heterocycles. The van der Waals surface area contributed by atoms with Crippen LogP contribution in [0.2, 0.25) is 0 Å². The van der Waals surface area contributed by atoms with E-state index in [9.17, 15) is 13.6 Å². The molecule has 23 heavy (non-hydrogen) atoms. The van der Waals surface area contributed by atoms with Crippen LogP contribution in [0.15, 0.2) is 6.07 Å². The Morgan fingerprint density at radius 3 is 1.78 bits per heavy atom. The van der Waals surface area contributed by atoms with Gasteiger partial charge in [0.05, 0.1) is 5.92 Å². The number of ether oxygens (including phenoxy) is 1. The normalized spacial score (nSPS) is 18.8. The molecule has 0 unspecified atom stereocenters. The first-order valence-electron chi connectivity index (χ1n) is 8.24. The minimum atomic E-state index is -0.569. The largest absolute Gasteiger partial charge is 0.461 e. The van der Waals surface area contributed by atoms with Crippen LogP contribution in [0, 0.1) is 28.4 Å². The van der Waals surface area contributed by atoms with Gasteiger partial charge in [-0.2, -0.15) is 0 Å². The second-order valence-electron chi connectivity index (χ2n) is 7.47. The minimum Gasteiger partial charge on any atom is -0.461 e. The van der Waals surface area contributed by atoms with Crippen molar-refractivity contribution in [3.63, 3.8) is 0 Å². The smallest absolute Gasteiger partial charge is 0.310 e. The quantitative estimate of drug-likeness (QED) is 0.726. The molecule has 1 aliphatic carbocycles. The summed E-state index contributed by atoms with van der Waals surface area (Å²) in [7, 11) is 0. The fourth-order valence-electron chi connectivity index (χ4n) is 3.71. The average molecular weight is 324 g/mol. The van der Waals surface area contributed by atoms with Gasteiger partial charge in [0.2, 0.25) is 0 Å². The molecule has 0 bridgehead atoms. The van der Waals surface area contributed by atoms with Crippen LogP contribution >= 0.6 is 0 Å². The van der Waals surface area contributed by atoms with E-state index in [-0.39, 0.29) is 29.3 Å². The summed E-state index contributed by atoms with van der Waals surface area (Å²) < 4.78 is 33.4. The van der Waals surface area contributed by atoms with Gasteiger partial charge in [-0.15, -0.1) is 0 Å². The molecule has 0 saturated heterocycles. The summed E-state index contributed by atoms with van der Waals surface area (Å²) in [6, 6.07) is 0.927. The van der Waals surface area contributed by atoms with E-state index in [1.54, 1.807) is 0 Å². The lowest BCUT2D eigenvalue weighted by Gasteiger charge is -2.16. The van der Waals surface area contributed by atoms with Crippen molar-refractivity contribution >= 4 is 5.97 Å². The van der Waals surface area contributed by atoms with E-state index in [1.807, 2.05) is 41.5 Å². The SMILES string of the molecule is CCc1c(F)cc(F)c(CC)c1COC(=O)C1C(C)(C)C1(C)C. The van der Waals surface area contributed by atoms with Crippen molar-refractivity contribution in [3.05, 3.63) is 34.4 Å². The highest BCUT2D eigenvalue weighted by atomic mass is 19.1. The Kier molecular flexibility index (Phi) is 4.57. The van der Waals surface area contributed by atoms with Crippen LogP contribution in [0.1, 0.15) is 58.2 Å². The highest BCUT2D eigenvalue weighted by Gasteiger charge is 2.69. The lowest BCUT2D eigenvalue weighted by molar-refractivity contribution is -0.148. The van der Waals surface area contributed by atoms with E-state index in [0.29, 0.717) is 29.5 Å². The Labute approximate surface area is 137 Å². The summed E-state index contributed by atoms with van der Waals surface area (Å²) in [5.74, 6) is -1.60. The van der Waals surface area contributed by atoms with E-state index in [2.05, 4.69) is 0 Å². The van der Waals surface area contributed by atoms with E-state index >= 15 is 0 Å². The van der Waals surface area contributed by atoms with Crippen LogP contribution < -0.4 is 0 Å². The monoisotopic (exact) mass is 324 g/mol. The Balaban J connectivity index is 2.23. The molecule has 0 amide bonds. The summed E-state index contributed by atoms with van der Waals surface area (Å²) in [4.78, 5) is 12.4. The maximum absolute atomic E-state index is 14.0. The third kappa shape index (κ3) is 2.77. The van der Waals surface area contributed by atoms with Crippen LogP contribution in [0.4, 0.5) is 8.78 Å². The number of esters is 1. The molecule has 0 aliphatic heterocycles. The zero-order valence-electron chi connectivity index (χ0n) is 14.8. The number of hydrogen-bond donors (Lipinski definition) is 0. The lowest BCUT2D eigenvalue weighted by atomic mass is 9.97. The van der Waals surface area contributed by atoms with E-state index < -0.39 is 11.6 Å². The zero-order chi connectivity index (χ0) is 17.6. The molecule has 4 heteroatoms. The number of carbonyl (C=O) groups excluding carboxylic acids is 1. The Morgan fingerprint density at radius 2 is 1.43 bits per heavy atom. The van der Waals surface area contributed by atoms with Crippen LogP contribution in [0.3, 0.4) is 0 Å². The summed E-state index contributed by atoms with van der Waals surface area (Å²) in [5, 5.41) is 0. The number of rotatable bonds is 5. The van der Waals surface area contributed by atoms with Gasteiger partial charge in [0.25, 0.3) is 0 Å². The van der Waals surface area contributed by atoms with E-state index in [4.69, 9.17) is 4.74 Å². The van der Waals surface area contributed by atoms with Crippen molar-refractivity contribution in [1.29, 1.82) is 0 Å². The van der Waals surface area contributed by atoms with Crippen LogP contribution in [-0.2, 0) is 29.0 Å². The molecule has 1 aromatic carbocycles. The summed E-state index contributed by atoms with van der Waals surface area (Å²) in [5.41, 5.74) is 1.13. The van der Waals surface area contributed by atoms with Gasteiger partial charge in [-0.25, -0.2) is 8.78 Å². The van der Waals surface area contributed by atoms with Gasteiger partial charge in [-0.3, -0.25) is 4.79 Å². The number of halogens is 2. The summed E-state index contributed by atoms with van der Waals surface area (Å²) >= 11 is 0. The van der Waals surface area contributed by atoms with Crippen molar-refractivity contribution in [3.8, 4) is 0 Å². The maximum atomic E-state index is 14.0. The van der Waals surface area contributed by atoms with Crippen LogP contribution in [0.5, 0.6) is 0 Å². The van der Waals surface area contributed by atoms with Crippen molar-refractivity contribution in [2.45, 2.75) is 61.0 Å². The lowest BCUT2D eigenvalue weighted by Crippen LogP contribution is -2.14. The molecule has 1 saturated carbocycles. The minimum absolute atomic E-state index is 0.0669. The molecule has 0 radical (unpaired) electrons. The summed E-state index contributed by atoms with van der Waals surface area (Å²) in [6.45, 7) is 11.7. The molecule has 128 valence electrons. The first kappa shape index (κ1) is 17.9. The summed E-state index contributed by atoms with van der Waals surface area (Å²) in [6.07, 6.45) is 0.874. The van der Waals surface area contributed by atoms with Crippen molar-refractivity contribution in [2.24, 2.45) is 16.7 Å². The molecule has 2 rings (SSSR count). The Hall–Kier alpha value is -1.45. The zero-order valence-corrected chi connectivity index (χ0v) is 14.8. The molecular weight excluding hydrogens is 298 g/mol. The van der Waals surface area contributed by atoms with Gasteiger partial charge < -0.3 is 4.74 Å². The first-order valence-corrected chi connectivity index (χ1v) is 8.24. The Morgan fingerprint density at radius 1 is 1.00 bits per heavy atom. The maximum Gasteiger partial charge on any atom is 0.310 e. The molecule has 1 aromatic rings. The van der Waals surface area contributed by atoms with Crippen LogP contribution in [0.25, 0.3) is 0 Å². The van der Waals surface area contributed by atoms with Gasteiger partial charge in [-0.1, -0.05) is 41.5 Å². The fraction of sp³-hybridized carbons (Fsp3) is 0.632. The van der Waals surface area contributed by atoms with Crippen molar-refractivity contribution < 1.29 is 18.3 Å². The number of benzene rings is 1. The molecule has 0 spiro atoms. The van der Waals surface area contributed by atoms with Gasteiger partial charge in [-0.05, 0) is 34.8 Å². The second kappa shape index (κ2) is 5.88. The van der Waals surface area contributed by atoms with E-state index in [0.717, 1.165) is 6.07 Å². The first-order chi connectivity index (χ1) is 10.6. The molecular formula is C19H26F2O2. The van der Waals surface area contributed by atoms with Crippen LogP contribution in [-0.4, -0.2) is 5.97 Å². The molecule has 2 nitrogen and oxygen atoms in total. The van der Waals surface area contributed by atoms with Crippen molar-refractivity contribution in [1.82, 2.24) is 0 Å².